The summed E-state index contributed by atoms with van der Waals surface area (Å²) in [6.07, 6.45) is 4.12. The lowest BCUT2D eigenvalue weighted by Crippen LogP contribution is -2.35. The second-order valence-corrected chi connectivity index (χ2v) is 6.70. The number of hydrogen-bond donors (Lipinski definition) is 0. The summed E-state index contributed by atoms with van der Waals surface area (Å²) in [5, 5.41) is 0. The number of ketones is 1. The minimum Gasteiger partial charge on any atom is -0.481 e. The number of para-hydroxylation sites is 1. The van der Waals surface area contributed by atoms with Crippen LogP contribution in [-0.4, -0.2) is 36.3 Å². The van der Waals surface area contributed by atoms with Gasteiger partial charge >= 0.3 is 0 Å². The van der Waals surface area contributed by atoms with Gasteiger partial charge in [0.15, 0.2) is 0 Å². The van der Waals surface area contributed by atoms with Crippen molar-refractivity contribution >= 4 is 17.5 Å². The van der Waals surface area contributed by atoms with E-state index in [1.165, 1.54) is 17.9 Å². The molecule has 0 bridgehead atoms. The van der Waals surface area contributed by atoms with Crippen molar-refractivity contribution in [2.45, 2.75) is 36.6 Å². The molecule has 1 saturated heterocycles. The van der Waals surface area contributed by atoms with Crippen molar-refractivity contribution in [2.75, 3.05) is 19.5 Å². The average molecular weight is 291 g/mol. The number of hydrogen-bond acceptors (Lipinski definition) is 4. The minimum atomic E-state index is 0.472. The number of benzene rings is 1. The normalized spacial score (nSPS) is 28.1. The van der Waals surface area contributed by atoms with E-state index >= 15 is 0 Å². The monoisotopic (exact) mass is 291 g/mol. The van der Waals surface area contributed by atoms with Crippen LogP contribution in [0.15, 0.2) is 29.2 Å². The molecule has 2 atom stereocenters. The highest BCUT2D eigenvalue weighted by molar-refractivity contribution is 7.99. The van der Waals surface area contributed by atoms with E-state index in [0.29, 0.717) is 11.8 Å². The molecule has 0 radical (unpaired) electrons. The molecule has 3 nitrogen and oxygen atoms in total. The Balaban J connectivity index is 0.000000123. The number of likely N-dealkylation sites (tertiary alicyclic amines) is 1. The second-order valence-electron chi connectivity index (χ2n) is 5.73. The Morgan fingerprint density at radius 1 is 1.30 bits per heavy atom. The van der Waals surface area contributed by atoms with E-state index in [1.54, 1.807) is 11.8 Å². The number of nitrogens with zero attached hydrogens (tertiary/aromatic N) is 1. The summed E-state index contributed by atoms with van der Waals surface area (Å²) in [6, 6.07) is 8.68. The molecule has 2 aliphatic heterocycles. The van der Waals surface area contributed by atoms with E-state index in [2.05, 4.69) is 18.0 Å². The maximum Gasteiger partial charge on any atom is 0.138 e. The number of ether oxygens (including phenoxy) is 1. The fourth-order valence-corrected chi connectivity index (χ4v) is 4.03. The lowest BCUT2D eigenvalue weighted by Gasteiger charge is -2.28. The van der Waals surface area contributed by atoms with Gasteiger partial charge in [-0.15, -0.1) is 0 Å². The molecule has 4 heteroatoms. The molecule has 1 aromatic rings. The molecule has 0 N–H and O–H groups in total. The molecule has 0 aromatic heterocycles. The number of thioether (sulfide) groups is 1. The van der Waals surface area contributed by atoms with Crippen molar-refractivity contribution in [3.8, 4) is 5.75 Å². The SMILES string of the molecule is CN1CCC2CCC(=O)CC21.c1ccc2c(c1)OCS2. The third kappa shape index (κ3) is 3.01. The zero-order chi connectivity index (χ0) is 13.9. The summed E-state index contributed by atoms with van der Waals surface area (Å²) in [7, 11) is 2.14. The van der Waals surface area contributed by atoms with Gasteiger partial charge in [-0.05, 0) is 44.5 Å². The van der Waals surface area contributed by atoms with E-state index < -0.39 is 0 Å². The van der Waals surface area contributed by atoms with E-state index in [1.807, 2.05) is 18.2 Å². The van der Waals surface area contributed by atoms with Crippen molar-refractivity contribution in [2.24, 2.45) is 5.92 Å². The molecule has 0 amide bonds. The Labute approximate surface area is 124 Å². The summed E-state index contributed by atoms with van der Waals surface area (Å²) in [5.74, 6) is 3.11. The number of Topliss-reactive ketones (excluding diaryl/α,β-unsaturated/α-hetero) is 1. The first-order valence-corrected chi connectivity index (χ1v) is 8.29. The second kappa shape index (κ2) is 6.19. The number of carbonyl (C=O) groups excluding carboxylic acids is 1. The lowest BCUT2D eigenvalue weighted by molar-refractivity contribution is -0.122. The van der Waals surface area contributed by atoms with Gasteiger partial charge in [0.1, 0.15) is 17.5 Å². The van der Waals surface area contributed by atoms with E-state index in [0.717, 1.165) is 36.9 Å². The molecule has 2 fully saturated rings. The number of rotatable bonds is 0. The highest BCUT2D eigenvalue weighted by Crippen LogP contribution is 2.35. The van der Waals surface area contributed by atoms with Crippen LogP contribution in [0.25, 0.3) is 0 Å². The molecule has 20 heavy (non-hydrogen) atoms. The van der Waals surface area contributed by atoms with Gasteiger partial charge in [0.05, 0.1) is 4.90 Å². The first-order chi connectivity index (χ1) is 9.74. The Hall–Kier alpha value is -1.000. The minimum absolute atomic E-state index is 0.472. The predicted molar refractivity (Wildman–Crippen MR) is 81.2 cm³/mol. The van der Waals surface area contributed by atoms with Gasteiger partial charge in [-0.3, -0.25) is 4.79 Å². The van der Waals surface area contributed by atoms with Crippen LogP contribution in [0, 0.1) is 5.92 Å². The van der Waals surface area contributed by atoms with E-state index in [9.17, 15) is 4.79 Å². The molecule has 2 unspecified atom stereocenters. The molecule has 4 rings (SSSR count). The standard InChI is InChI=1S/C9H15NO.C7H6OS/c1-10-5-4-7-2-3-8(11)6-9(7)10;1-2-4-7-6(3-1)8-5-9-7/h7,9H,2-6H2,1H3;1-4H,5H2. The van der Waals surface area contributed by atoms with E-state index in [-0.39, 0.29) is 0 Å². The highest BCUT2D eigenvalue weighted by atomic mass is 32.2. The first kappa shape index (κ1) is 14.0. The summed E-state index contributed by atoms with van der Waals surface area (Å²) < 4.78 is 5.26. The van der Waals surface area contributed by atoms with Crippen molar-refractivity contribution in [1.82, 2.24) is 4.90 Å². The van der Waals surface area contributed by atoms with Gasteiger partial charge in [0, 0.05) is 18.9 Å². The van der Waals surface area contributed by atoms with E-state index in [4.69, 9.17) is 4.74 Å². The third-order valence-electron chi connectivity index (χ3n) is 4.47. The van der Waals surface area contributed by atoms with Crippen LogP contribution < -0.4 is 4.74 Å². The molecule has 108 valence electrons. The summed E-state index contributed by atoms with van der Waals surface area (Å²) in [5.41, 5.74) is 0. The van der Waals surface area contributed by atoms with Gasteiger partial charge in [-0.25, -0.2) is 0 Å². The molecule has 0 spiro atoms. The third-order valence-corrected chi connectivity index (χ3v) is 5.36. The Morgan fingerprint density at radius 2 is 2.15 bits per heavy atom. The van der Waals surface area contributed by atoms with Gasteiger partial charge in [0.25, 0.3) is 0 Å². The summed E-state index contributed by atoms with van der Waals surface area (Å²) >= 11 is 1.75. The predicted octanol–water partition coefficient (Wildman–Crippen LogP) is 3.19. The topological polar surface area (TPSA) is 29.5 Å². The maximum atomic E-state index is 11.1. The fraction of sp³-hybridized carbons (Fsp3) is 0.562. The smallest absolute Gasteiger partial charge is 0.138 e. The Kier molecular flexibility index (Phi) is 4.32. The largest absolute Gasteiger partial charge is 0.481 e. The van der Waals surface area contributed by atoms with Crippen molar-refractivity contribution in [1.29, 1.82) is 0 Å². The number of carbonyl (C=O) groups is 1. The Morgan fingerprint density at radius 3 is 3.00 bits per heavy atom. The van der Waals surface area contributed by atoms with Crippen molar-refractivity contribution in [3.05, 3.63) is 24.3 Å². The van der Waals surface area contributed by atoms with Gasteiger partial charge in [0.2, 0.25) is 0 Å². The molecule has 1 aliphatic carbocycles. The summed E-state index contributed by atoms with van der Waals surface area (Å²) in [6.45, 7) is 1.20. The van der Waals surface area contributed by atoms with Crippen molar-refractivity contribution in [3.63, 3.8) is 0 Å². The zero-order valence-electron chi connectivity index (χ0n) is 11.9. The Bertz CT molecular complexity index is 468. The molecular weight excluding hydrogens is 270 g/mol. The van der Waals surface area contributed by atoms with Crippen LogP contribution in [0.4, 0.5) is 0 Å². The fourth-order valence-electron chi connectivity index (χ4n) is 3.27. The number of fused-ring (bicyclic) bond motifs is 2. The molecule has 3 aliphatic rings. The zero-order valence-corrected chi connectivity index (χ0v) is 12.7. The first-order valence-electron chi connectivity index (χ1n) is 7.30. The van der Waals surface area contributed by atoms with Crippen LogP contribution in [0.3, 0.4) is 0 Å². The van der Waals surface area contributed by atoms with Crippen LogP contribution in [0.5, 0.6) is 5.75 Å². The maximum absolute atomic E-state index is 11.1. The van der Waals surface area contributed by atoms with Crippen LogP contribution in [0.2, 0.25) is 0 Å². The lowest BCUT2D eigenvalue weighted by atomic mass is 9.84. The van der Waals surface area contributed by atoms with Gasteiger partial charge in [-0.2, -0.15) is 0 Å². The van der Waals surface area contributed by atoms with Gasteiger partial charge < -0.3 is 9.64 Å². The molecule has 1 aromatic carbocycles. The molecular formula is C16H21NO2S. The van der Waals surface area contributed by atoms with Gasteiger partial charge in [-0.1, -0.05) is 23.9 Å². The molecule has 2 heterocycles. The summed E-state index contributed by atoms with van der Waals surface area (Å²) in [4.78, 5) is 14.7. The highest BCUT2D eigenvalue weighted by Gasteiger charge is 2.36. The van der Waals surface area contributed by atoms with Crippen molar-refractivity contribution < 1.29 is 9.53 Å². The van der Waals surface area contributed by atoms with Crippen LogP contribution >= 0.6 is 11.8 Å². The molecule has 1 saturated carbocycles. The van der Waals surface area contributed by atoms with Crippen LogP contribution in [0.1, 0.15) is 25.7 Å². The van der Waals surface area contributed by atoms with Crippen LogP contribution in [-0.2, 0) is 4.79 Å². The quantitative estimate of drug-likeness (QED) is 0.734. The average Bonchev–Trinajstić information content (AvgIpc) is 3.07.